The monoisotopic (exact) mass is 190 g/mol. The van der Waals surface area contributed by atoms with E-state index in [1.54, 1.807) is 0 Å². The number of likely N-dealkylation sites (N-methyl/N-ethyl adjacent to an activating group) is 1. The van der Waals surface area contributed by atoms with Gasteiger partial charge in [-0.1, -0.05) is 0 Å². The van der Waals surface area contributed by atoms with Gasteiger partial charge >= 0.3 is 6.09 Å². The molecule has 0 aliphatic carbocycles. The summed E-state index contributed by atoms with van der Waals surface area (Å²) in [4.78, 5) is 21.7. The largest absolute Gasteiger partial charge is 0.447 e. The Balaban J connectivity index is 3.71. The molecule has 6 heteroatoms. The van der Waals surface area contributed by atoms with Gasteiger partial charge in [-0.2, -0.15) is 0 Å². The van der Waals surface area contributed by atoms with Crippen molar-refractivity contribution in [3.8, 4) is 0 Å². The number of aliphatic hydroxyl groups excluding tert-OH is 1. The average molecular weight is 190 g/mol. The third-order valence-electron chi connectivity index (χ3n) is 1.30. The van der Waals surface area contributed by atoms with E-state index in [1.165, 1.54) is 14.0 Å². The molecule has 0 aromatic rings. The number of amides is 2. The van der Waals surface area contributed by atoms with Gasteiger partial charge in [-0.15, -0.1) is 0 Å². The number of carbonyl (C=O) groups is 2. The fraction of sp³-hybridized carbons (Fsp3) is 0.714. The Labute approximate surface area is 76.3 Å². The van der Waals surface area contributed by atoms with Crippen molar-refractivity contribution in [3.05, 3.63) is 0 Å². The first-order chi connectivity index (χ1) is 6.11. The lowest BCUT2D eigenvalue weighted by Crippen LogP contribution is -2.43. The number of aliphatic hydroxyl groups is 1. The van der Waals surface area contributed by atoms with E-state index in [2.05, 4.69) is 15.4 Å². The summed E-state index contributed by atoms with van der Waals surface area (Å²) >= 11 is 0. The molecule has 0 saturated heterocycles. The predicted molar refractivity (Wildman–Crippen MR) is 45.1 cm³/mol. The van der Waals surface area contributed by atoms with Crippen molar-refractivity contribution in [3.63, 3.8) is 0 Å². The molecule has 1 atom stereocenters. The molecule has 0 rings (SSSR count). The van der Waals surface area contributed by atoms with Crippen LogP contribution < -0.4 is 10.6 Å². The van der Waals surface area contributed by atoms with Crippen LogP contribution in [0.1, 0.15) is 6.92 Å². The Hall–Kier alpha value is -1.30. The second-order valence-electron chi connectivity index (χ2n) is 2.34. The number of carbonyl (C=O) groups excluding carboxylic acids is 2. The summed E-state index contributed by atoms with van der Waals surface area (Å²) < 4.78 is 4.48. The fourth-order valence-corrected chi connectivity index (χ4v) is 0.639. The molecule has 6 nitrogen and oxygen atoms in total. The van der Waals surface area contributed by atoms with E-state index in [0.717, 1.165) is 0 Å². The lowest BCUT2D eigenvalue weighted by atomic mass is 10.3. The lowest BCUT2D eigenvalue weighted by molar-refractivity contribution is -0.122. The van der Waals surface area contributed by atoms with Crippen LogP contribution in [0.3, 0.4) is 0 Å². The minimum absolute atomic E-state index is 0.0771. The van der Waals surface area contributed by atoms with Crippen LogP contribution in [0, 0.1) is 0 Å². The SMILES string of the molecule is CNC(=O)C(C)NC(=O)OCCO. The number of ether oxygens (including phenoxy) is 1. The third-order valence-corrected chi connectivity index (χ3v) is 1.30. The summed E-state index contributed by atoms with van der Waals surface area (Å²) in [6.07, 6.45) is -0.717. The lowest BCUT2D eigenvalue weighted by Gasteiger charge is -2.11. The minimum atomic E-state index is -0.717. The Morgan fingerprint density at radius 2 is 2.15 bits per heavy atom. The van der Waals surface area contributed by atoms with Gasteiger partial charge in [0.15, 0.2) is 0 Å². The summed E-state index contributed by atoms with van der Waals surface area (Å²) in [6.45, 7) is 1.22. The average Bonchev–Trinajstić information content (AvgIpc) is 2.13. The van der Waals surface area contributed by atoms with Crippen molar-refractivity contribution in [2.24, 2.45) is 0 Å². The van der Waals surface area contributed by atoms with Crippen molar-refractivity contribution in [2.75, 3.05) is 20.3 Å². The quantitative estimate of drug-likeness (QED) is 0.521. The molecule has 76 valence electrons. The standard InChI is InChI=1S/C7H14N2O4/c1-5(6(11)8-2)9-7(12)13-4-3-10/h5,10H,3-4H2,1-2H3,(H,8,11)(H,9,12). The summed E-state index contributed by atoms with van der Waals surface area (Å²) in [5, 5.41) is 13.0. The highest BCUT2D eigenvalue weighted by atomic mass is 16.6. The zero-order valence-electron chi connectivity index (χ0n) is 7.66. The maximum Gasteiger partial charge on any atom is 0.407 e. The summed E-state index contributed by atoms with van der Waals surface area (Å²) in [5.41, 5.74) is 0. The molecule has 0 radical (unpaired) electrons. The van der Waals surface area contributed by atoms with Crippen molar-refractivity contribution in [1.82, 2.24) is 10.6 Å². The van der Waals surface area contributed by atoms with E-state index < -0.39 is 12.1 Å². The van der Waals surface area contributed by atoms with Gasteiger partial charge < -0.3 is 20.5 Å². The molecule has 3 N–H and O–H groups in total. The molecule has 13 heavy (non-hydrogen) atoms. The smallest absolute Gasteiger partial charge is 0.407 e. The van der Waals surface area contributed by atoms with Crippen LogP contribution in [0.4, 0.5) is 4.79 Å². The normalized spacial score (nSPS) is 11.6. The van der Waals surface area contributed by atoms with Gasteiger partial charge in [0.2, 0.25) is 5.91 Å². The van der Waals surface area contributed by atoms with Crippen LogP contribution in [0.2, 0.25) is 0 Å². The first-order valence-corrected chi connectivity index (χ1v) is 3.87. The molecule has 0 aliphatic heterocycles. The van der Waals surface area contributed by atoms with Gasteiger partial charge in [-0.05, 0) is 6.92 Å². The van der Waals surface area contributed by atoms with E-state index in [4.69, 9.17) is 5.11 Å². The zero-order valence-corrected chi connectivity index (χ0v) is 7.66. The number of alkyl carbamates (subject to hydrolysis) is 1. The Kier molecular flexibility index (Phi) is 5.62. The predicted octanol–water partition coefficient (Wildman–Crippen LogP) is -1.16. The topological polar surface area (TPSA) is 87.7 Å². The van der Waals surface area contributed by atoms with Gasteiger partial charge in [0.05, 0.1) is 6.61 Å². The molecule has 2 amide bonds. The number of hydrogen-bond acceptors (Lipinski definition) is 4. The van der Waals surface area contributed by atoms with Gasteiger partial charge in [-0.3, -0.25) is 4.79 Å². The summed E-state index contributed by atoms with van der Waals surface area (Å²) in [5.74, 6) is -0.305. The van der Waals surface area contributed by atoms with Crippen LogP contribution in [0.15, 0.2) is 0 Å². The molecule has 0 spiro atoms. The van der Waals surface area contributed by atoms with E-state index in [9.17, 15) is 9.59 Å². The van der Waals surface area contributed by atoms with E-state index in [0.29, 0.717) is 0 Å². The first-order valence-electron chi connectivity index (χ1n) is 3.87. The van der Waals surface area contributed by atoms with E-state index >= 15 is 0 Å². The van der Waals surface area contributed by atoms with Crippen LogP contribution in [0.25, 0.3) is 0 Å². The Morgan fingerprint density at radius 3 is 2.62 bits per heavy atom. The number of nitrogens with one attached hydrogen (secondary N) is 2. The molecule has 0 aromatic heterocycles. The highest BCUT2D eigenvalue weighted by Gasteiger charge is 2.13. The maximum absolute atomic E-state index is 10.9. The highest BCUT2D eigenvalue weighted by molar-refractivity contribution is 5.84. The fourth-order valence-electron chi connectivity index (χ4n) is 0.639. The molecule has 0 fully saturated rings. The van der Waals surface area contributed by atoms with Gasteiger partial charge in [0.1, 0.15) is 12.6 Å². The molecule has 0 bridgehead atoms. The van der Waals surface area contributed by atoms with Crippen LogP contribution in [-0.4, -0.2) is 43.4 Å². The van der Waals surface area contributed by atoms with Crippen molar-refractivity contribution in [1.29, 1.82) is 0 Å². The van der Waals surface area contributed by atoms with Gasteiger partial charge in [0.25, 0.3) is 0 Å². The molecular formula is C7H14N2O4. The van der Waals surface area contributed by atoms with E-state index in [1.807, 2.05) is 0 Å². The molecule has 0 saturated carbocycles. The molecule has 0 aliphatic rings. The highest BCUT2D eigenvalue weighted by Crippen LogP contribution is 1.84. The van der Waals surface area contributed by atoms with Crippen molar-refractivity contribution < 1.29 is 19.4 Å². The van der Waals surface area contributed by atoms with Crippen molar-refractivity contribution in [2.45, 2.75) is 13.0 Å². The van der Waals surface area contributed by atoms with Crippen LogP contribution >= 0.6 is 0 Å². The molecule has 0 aromatic carbocycles. The molecule has 1 unspecified atom stereocenters. The van der Waals surface area contributed by atoms with E-state index in [-0.39, 0.29) is 19.1 Å². The zero-order chi connectivity index (χ0) is 10.3. The van der Waals surface area contributed by atoms with Crippen molar-refractivity contribution >= 4 is 12.0 Å². The number of hydrogen-bond donors (Lipinski definition) is 3. The minimum Gasteiger partial charge on any atom is -0.447 e. The van der Waals surface area contributed by atoms with Crippen LogP contribution in [-0.2, 0) is 9.53 Å². The maximum atomic E-state index is 10.9. The number of rotatable bonds is 4. The Bertz CT molecular complexity index is 183. The third kappa shape index (κ3) is 5.02. The molecular weight excluding hydrogens is 176 g/mol. The second kappa shape index (κ2) is 6.24. The van der Waals surface area contributed by atoms with Gasteiger partial charge in [0, 0.05) is 7.05 Å². The molecule has 0 heterocycles. The summed E-state index contributed by atoms with van der Waals surface area (Å²) in [6, 6.07) is -0.642. The second-order valence-corrected chi connectivity index (χ2v) is 2.34. The van der Waals surface area contributed by atoms with Gasteiger partial charge in [-0.25, -0.2) is 4.79 Å². The summed E-state index contributed by atoms with van der Waals surface area (Å²) in [7, 11) is 1.47. The first kappa shape index (κ1) is 11.7. The van der Waals surface area contributed by atoms with Crippen LogP contribution in [0.5, 0.6) is 0 Å². The Morgan fingerprint density at radius 1 is 1.54 bits per heavy atom.